The zero-order valence-electron chi connectivity index (χ0n) is 15.2. The van der Waals surface area contributed by atoms with Crippen LogP contribution in [-0.4, -0.2) is 28.0 Å². The number of rotatable bonds is 7. The van der Waals surface area contributed by atoms with E-state index in [9.17, 15) is 9.18 Å². The molecular weight excluding hydrogens is 399 g/mol. The monoisotopic (exact) mass is 414 g/mol. The third-order valence-corrected chi connectivity index (χ3v) is 3.89. The van der Waals surface area contributed by atoms with Gasteiger partial charge in [-0.1, -0.05) is 18.2 Å². The summed E-state index contributed by atoms with van der Waals surface area (Å²) in [5.41, 5.74) is 1.08. The quantitative estimate of drug-likeness (QED) is 0.496. The van der Waals surface area contributed by atoms with Gasteiger partial charge >= 0.3 is 0 Å². The van der Waals surface area contributed by atoms with Crippen molar-refractivity contribution < 1.29 is 13.9 Å². The molecule has 3 N–H and O–H groups in total. The molecule has 29 heavy (non-hydrogen) atoms. The van der Waals surface area contributed by atoms with E-state index < -0.39 is 11.7 Å². The van der Waals surface area contributed by atoms with Crippen molar-refractivity contribution in [2.75, 3.05) is 23.1 Å². The molecule has 0 bridgehead atoms. The molecule has 2 heterocycles. The number of carbonyl (C=O) groups excluding carboxylic acids is 1. The fourth-order valence-corrected chi connectivity index (χ4v) is 2.38. The number of halogens is 2. The van der Waals surface area contributed by atoms with Gasteiger partial charge in [-0.25, -0.2) is 14.4 Å². The van der Waals surface area contributed by atoms with Crippen LogP contribution in [0.25, 0.3) is 0 Å². The first-order valence-corrected chi connectivity index (χ1v) is 8.66. The summed E-state index contributed by atoms with van der Waals surface area (Å²) in [5.74, 6) is -0.0988. The molecule has 10 heteroatoms. The Hall–Kier alpha value is -3.72. The molecule has 0 aliphatic rings. The van der Waals surface area contributed by atoms with Gasteiger partial charge in [0.2, 0.25) is 17.7 Å². The number of nitrogens with zero attached hydrogens (tertiary/aromatic N) is 3. The topological polar surface area (TPSA) is 101 Å². The Bertz CT molecular complexity index is 1050. The smallest absolute Gasteiger partial charge is 0.247 e. The summed E-state index contributed by atoms with van der Waals surface area (Å²) in [6.07, 6.45) is 4.04. The van der Waals surface area contributed by atoms with Crippen molar-refractivity contribution in [1.29, 1.82) is 0 Å². The van der Waals surface area contributed by atoms with Gasteiger partial charge in [0.05, 0.1) is 30.9 Å². The molecule has 0 aliphatic carbocycles. The molecule has 1 aromatic carbocycles. The van der Waals surface area contributed by atoms with Crippen molar-refractivity contribution in [3.8, 4) is 5.88 Å². The van der Waals surface area contributed by atoms with Crippen LogP contribution >= 0.6 is 11.6 Å². The Morgan fingerprint density at radius 3 is 2.66 bits per heavy atom. The van der Waals surface area contributed by atoms with E-state index >= 15 is 0 Å². The number of ether oxygens (including phenoxy) is 1. The number of amides is 1. The molecule has 0 spiro atoms. The number of hydrogen-bond donors (Lipinski definition) is 3. The van der Waals surface area contributed by atoms with Gasteiger partial charge in [0, 0.05) is 11.8 Å². The average molecular weight is 415 g/mol. The summed E-state index contributed by atoms with van der Waals surface area (Å²) in [7, 11) is 1.52. The Morgan fingerprint density at radius 2 is 1.97 bits per heavy atom. The van der Waals surface area contributed by atoms with Gasteiger partial charge in [0.15, 0.2) is 5.82 Å². The second-order valence-corrected chi connectivity index (χ2v) is 6.02. The van der Waals surface area contributed by atoms with Crippen LogP contribution in [0.2, 0.25) is 5.02 Å². The highest BCUT2D eigenvalue weighted by Gasteiger charge is 2.11. The molecule has 0 radical (unpaired) electrons. The summed E-state index contributed by atoms with van der Waals surface area (Å²) in [6, 6.07) is 7.46. The van der Waals surface area contributed by atoms with Crippen LogP contribution in [0.4, 0.5) is 33.2 Å². The molecule has 0 aliphatic heterocycles. The number of methoxy groups -OCH3 is 1. The van der Waals surface area contributed by atoms with Gasteiger partial charge < -0.3 is 20.7 Å². The number of benzene rings is 1. The van der Waals surface area contributed by atoms with Gasteiger partial charge in [0.25, 0.3) is 0 Å². The van der Waals surface area contributed by atoms with E-state index in [0.29, 0.717) is 17.3 Å². The van der Waals surface area contributed by atoms with Crippen molar-refractivity contribution in [2.24, 2.45) is 0 Å². The second-order valence-electron chi connectivity index (χ2n) is 5.62. The third kappa shape index (κ3) is 5.17. The molecule has 0 saturated carbocycles. The molecule has 8 nitrogen and oxygen atoms in total. The van der Waals surface area contributed by atoms with E-state index in [1.807, 2.05) is 0 Å². The predicted octanol–water partition coefficient (Wildman–Crippen LogP) is 4.28. The predicted molar refractivity (Wildman–Crippen MR) is 110 cm³/mol. The zero-order chi connectivity index (χ0) is 20.8. The molecule has 2 aromatic heterocycles. The Kier molecular flexibility index (Phi) is 6.20. The van der Waals surface area contributed by atoms with Crippen LogP contribution < -0.4 is 20.7 Å². The highest BCUT2D eigenvalue weighted by molar-refractivity contribution is 6.32. The van der Waals surface area contributed by atoms with Gasteiger partial charge in [-0.3, -0.25) is 4.79 Å². The van der Waals surface area contributed by atoms with Crippen molar-refractivity contribution in [2.45, 2.75) is 0 Å². The molecule has 0 saturated heterocycles. The number of aromatic nitrogens is 3. The lowest BCUT2D eigenvalue weighted by Crippen LogP contribution is -2.08. The van der Waals surface area contributed by atoms with E-state index in [0.717, 1.165) is 6.08 Å². The van der Waals surface area contributed by atoms with E-state index in [2.05, 4.69) is 37.5 Å². The molecule has 0 unspecified atom stereocenters. The normalized spacial score (nSPS) is 10.2. The zero-order valence-corrected chi connectivity index (χ0v) is 16.0. The van der Waals surface area contributed by atoms with Crippen LogP contribution in [-0.2, 0) is 4.79 Å². The van der Waals surface area contributed by atoms with E-state index in [-0.39, 0.29) is 22.5 Å². The van der Waals surface area contributed by atoms with Crippen molar-refractivity contribution in [3.63, 3.8) is 0 Å². The SMILES string of the molecule is C=CC(=O)Nc1ccc(F)c(Nc2nc(Nc3ccc(OC)nc3)ncc2Cl)c1. The maximum Gasteiger partial charge on any atom is 0.247 e. The minimum atomic E-state index is -0.551. The molecule has 0 fully saturated rings. The highest BCUT2D eigenvalue weighted by Crippen LogP contribution is 2.28. The Balaban J connectivity index is 1.82. The lowest BCUT2D eigenvalue weighted by molar-refractivity contribution is -0.111. The summed E-state index contributed by atoms with van der Waals surface area (Å²) in [6.45, 7) is 3.38. The summed E-state index contributed by atoms with van der Waals surface area (Å²) in [4.78, 5) is 23.9. The summed E-state index contributed by atoms with van der Waals surface area (Å²) in [5, 5.41) is 8.51. The number of hydrogen-bond acceptors (Lipinski definition) is 7. The third-order valence-electron chi connectivity index (χ3n) is 3.62. The standard InChI is InChI=1S/C19H16ClFN6O2/c1-3-16(28)24-11-4-6-14(21)15(8-11)26-18-13(20)10-23-19(27-18)25-12-5-7-17(29-2)22-9-12/h3-10H,1H2,2H3,(H,24,28)(H2,23,25,26,27). The fraction of sp³-hybridized carbons (Fsp3) is 0.0526. The van der Waals surface area contributed by atoms with Gasteiger partial charge in [-0.05, 0) is 30.3 Å². The van der Waals surface area contributed by atoms with E-state index in [1.165, 1.54) is 31.5 Å². The van der Waals surface area contributed by atoms with Crippen LogP contribution in [0.5, 0.6) is 5.88 Å². The first kappa shape index (κ1) is 20.0. The number of nitrogens with one attached hydrogen (secondary N) is 3. The Morgan fingerprint density at radius 1 is 1.17 bits per heavy atom. The van der Waals surface area contributed by atoms with Crippen molar-refractivity contribution >= 4 is 46.3 Å². The lowest BCUT2D eigenvalue weighted by Gasteiger charge is -2.12. The summed E-state index contributed by atoms with van der Waals surface area (Å²) >= 11 is 6.14. The largest absolute Gasteiger partial charge is 0.481 e. The van der Waals surface area contributed by atoms with Crippen molar-refractivity contribution in [3.05, 3.63) is 66.2 Å². The molecular formula is C19H16ClFN6O2. The molecule has 0 atom stereocenters. The molecule has 3 aromatic rings. The van der Waals surface area contributed by atoms with Crippen LogP contribution in [0.3, 0.4) is 0 Å². The molecule has 1 amide bonds. The van der Waals surface area contributed by atoms with E-state index in [1.54, 1.807) is 18.3 Å². The minimum absolute atomic E-state index is 0.0736. The highest BCUT2D eigenvalue weighted by atomic mass is 35.5. The lowest BCUT2D eigenvalue weighted by atomic mass is 10.2. The summed E-state index contributed by atoms with van der Waals surface area (Å²) < 4.78 is 19.2. The second kappa shape index (κ2) is 8.98. The van der Waals surface area contributed by atoms with Crippen LogP contribution in [0, 0.1) is 5.82 Å². The maximum atomic E-state index is 14.2. The van der Waals surface area contributed by atoms with Gasteiger partial charge in [-0.2, -0.15) is 4.98 Å². The number of anilines is 5. The maximum absolute atomic E-state index is 14.2. The van der Waals surface area contributed by atoms with Gasteiger partial charge in [0.1, 0.15) is 10.8 Å². The first-order valence-electron chi connectivity index (χ1n) is 8.28. The number of carbonyl (C=O) groups is 1. The van der Waals surface area contributed by atoms with Crippen molar-refractivity contribution in [1.82, 2.24) is 15.0 Å². The molecule has 148 valence electrons. The van der Waals surface area contributed by atoms with Crippen LogP contribution in [0.15, 0.2) is 55.4 Å². The van der Waals surface area contributed by atoms with E-state index in [4.69, 9.17) is 16.3 Å². The molecule has 3 rings (SSSR count). The van der Waals surface area contributed by atoms with Crippen LogP contribution in [0.1, 0.15) is 0 Å². The fourth-order valence-electron chi connectivity index (χ4n) is 2.24. The first-order chi connectivity index (χ1) is 14.0. The minimum Gasteiger partial charge on any atom is -0.481 e. The number of pyridine rings is 1. The van der Waals surface area contributed by atoms with Gasteiger partial charge in [-0.15, -0.1) is 0 Å². The average Bonchev–Trinajstić information content (AvgIpc) is 2.73. The Labute approximate surface area is 170 Å².